The van der Waals surface area contributed by atoms with Gasteiger partial charge in [0.15, 0.2) is 11.5 Å². The lowest BCUT2D eigenvalue weighted by Crippen LogP contribution is -2.42. The standard InChI is InChI=1S/C33H43N5O6S/c1-22(2)18-26(21-44-33(39)35-16-7-8-24-11-14-30(42-5)31(20-24)43-6)38(4)45(40,41)27-12-9-25(10-13-27)19-29-32-28(15-17-34-29)36-23(3)37-32/h9-15,17,20,22,26H,7-8,16,18-19,21H2,1-6H3,(H,35,39)(H,36,37)/t26-/m0/s1. The third-order valence-corrected chi connectivity index (χ3v) is 9.52. The minimum absolute atomic E-state index is 0.0632. The Balaban J connectivity index is 1.32. The lowest BCUT2D eigenvalue weighted by molar-refractivity contribution is 0.115. The van der Waals surface area contributed by atoms with Gasteiger partial charge in [-0.3, -0.25) is 4.98 Å². The molecule has 45 heavy (non-hydrogen) atoms. The Kier molecular flexibility index (Phi) is 11.4. The van der Waals surface area contributed by atoms with Gasteiger partial charge in [-0.05, 0) is 73.6 Å². The number of sulfonamides is 1. The number of nitrogens with one attached hydrogen (secondary N) is 2. The van der Waals surface area contributed by atoms with Crippen LogP contribution in [0.2, 0.25) is 0 Å². The lowest BCUT2D eigenvalue weighted by Gasteiger charge is -2.28. The highest BCUT2D eigenvalue weighted by Crippen LogP contribution is 2.28. The van der Waals surface area contributed by atoms with Crippen molar-refractivity contribution in [3.05, 3.63) is 77.4 Å². The lowest BCUT2D eigenvalue weighted by atomic mass is 10.0. The van der Waals surface area contributed by atoms with Crippen LogP contribution in [-0.2, 0) is 27.6 Å². The molecule has 0 spiro atoms. The van der Waals surface area contributed by atoms with Crippen LogP contribution >= 0.6 is 0 Å². The number of ether oxygens (including phenoxy) is 3. The van der Waals surface area contributed by atoms with Crippen molar-refractivity contribution in [2.24, 2.45) is 5.92 Å². The van der Waals surface area contributed by atoms with Crippen LogP contribution in [0.5, 0.6) is 11.5 Å². The zero-order valence-electron chi connectivity index (χ0n) is 26.8. The molecule has 4 rings (SSSR count). The molecule has 11 nitrogen and oxygen atoms in total. The van der Waals surface area contributed by atoms with Crippen molar-refractivity contribution >= 4 is 27.1 Å². The third-order valence-electron chi connectivity index (χ3n) is 7.59. The number of methoxy groups -OCH3 is 2. The van der Waals surface area contributed by atoms with Crippen LogP contribution < -0.4 is 14.8 Å². The number of nitrogens with zero attached hydrogens (tertiary/aromatic N) is 3. The van der Waals surface area contributed by atoms with E-state index in [1.807, 2.05) is 45.0 Å². The molecular weight excluding hydrogens is 594 g/mol. The minimum atomic E-state index is -3.85. The van der Waals surface area contributed by atoms with Crippen LogP contribution in [0.4, 0.5) is 4.79 Å². The molecule has 2 heterocycles. The van der Waals surface area contributed by atoms with Crippen molar-refractivity contribution < 1.29 is 27.4 Å². The molecule has 1 atom stereocenters. The molecule has 2 aromatic heterocycles. The number of benzene rings is 2. The van der Waals surface area contributed by atoms with Crippen LogP contribution in [0.3, 0.4) is 0 Å². The van der Waals surface area contributed by atoms with E-state index >= 15 is 0 Å². The second kappa shape index (κ2) is 15.2. The van der Waals surface area contributed by atoms with Gasteiger partial charge in [0.25, 0.3) is 0 Å². The maximum absolute atomic E-state index is 13.6. The molecule has 0 saturated carbocycles. The fourth-order valence-electron chi connectivity index (χ4n) is 5.19. The van der Waals surface area contributed by atoms with Crippen molar-refractivity contribution in [2.45, 2.75) is 57.4 Å². The maximum Gasteiger partial charge on any atom is 0.407 e. The largest absolute Gasteiger partial charge is 0.493 e. The molecule has 0 aliphatic carbocycles. The number of aromatic amines is 1. The number of aromatic nitrogens is 3. The number of alkyl carbamates (subject to hydrolysis) is 1. The first-order chi connectivity index (χ1) is 21.5. The summed E-state index contributed by atoms with van der Waals surface area (Å²) in [6.07, 6.45) is 3.62. The number of imidazole rings is 1. The molecule has 4 aromatic rings. The molecule has 0 bridgehead atoms. The normalized spacial score (nSPS) is 12.4. The number of hydrogen-bond acceptors (Lipinski definition) is 8. The number of fused-ring (bicyclic) bond motifs is 1. The highest BCUT2D eigenvalue weighted by molar-refractivity contribution is 7.89. The average Bonchev–Trinajstić information content (AvgIpc) is 3.42. The molecule has 0 aliphatic rings. The second-order valence-corrected chi connectivity index (χ2v) is 13.4. The Labute approximate surface area is 265 Å². The molecule has 12 heteroatoms. The summed E-state index contributed by atoms with van der Waals surface area (Å²) < 4.78 is 44.6. The van der Waals surface area contributed by atoms with E-state index in [1.165, 1.54) is 11.4 Å². The summed E-state index contributed by atoms with van der Waals surface area (Å²) in [7, 11) is 0.870. The number of hydrogen-bond donors (Lipinski definition) is 2. The summed E-state index contributed by atoms with van der Waals surface area (Å²) in [6, 6.07) is 13.9. The smallest absolute Gasteiger partial charge is 0.407 e. The number of likely N-dealkylation sites (N-methyl/N-ethyl adjacent to an activating group) is 1. The van der Waals surface area contributed by atoms with Gasteiger partial charge in [-0.2, -0.15) is 4.31 Å². The summed E-state index contributed by atoms with van der Waals surface area (Å²) in [4.78, 5) is 24.9. The van der Waals surface area contributed by atoms with Gasteiger partial charge in [-0.25, -0.2) is 18.2 Å². The van der Waals surface area contributed by atoms with Crippen molar-refractivity contribution in [2.75, 3.05) is 34.4 Å². The Bertz CT molecular complexity index is 1690. The highest BCUT2D eigenvalue weighted by atomic mass is 32.2. The monoisotopic (exact) mass is 637 g/mol. The predicted octanol–water partition coefficient (Wildman–Crippen LogP) is 5.27. The Morgan fingerprint density at radius 1 is 1.02 bits per heavy atom. The maximum atomic E-state index is 13.6. The van der Waals surface area contributed by atoms with E-state index in [1.54, 1.807) is 44.7 Å². The van der Waals surface area contributed by atoms with Gasteiger partial charge in [-0.1, -0.05) is 32.0 Å². The van der Waals surface area contributed by atoms with E-state index in [0.29, 0.717) is 37.3 Å². The quantitative estimate of drug-likeness (QED) is 0.168. The zero-order chi connectivity index (χ0) is 32.6. The second-order valence-electron chi connectivity index (χ2n) is 11.4. The van der Waals surface area contributed by atoms with E-state index in [9.17, 15) is 13.2 Å². The van der Waals surface area contributed by atoms with Gasteiger partial charge < -0.3 is 24.5 Å². The molecule has 2 aromatic carbocycles. The van der Waals surface area contributed by atoms with Gasteiger partial charge in [0, 0.05) is 26.2 Å². The van der Waals surface area contributed by atoms with Gasteiger partial charge >= 0.3 is 6.09 Å². The summed E-state index contributed by atoms with van der Waals surface area (Å²) in [5.41, 5.74) is 4.52. The van der Waals surface area contributed by atoms with Gasteiger partial charge in [0.2, 0.25) is 10.0 Å². The number of H-pyrrole nitrogens is 1. The third kappa shape index (κ3) is 8.73. The molecule has 0 fully saturated rings. The molecule has 2 N–H and O–H groups in total. The van der Waals surface area contributed by atoms with Crippen molar-refractivity contribution in [3.63, 3.8) is 0 Å². The Morgan fingerprint density at radius 2 is 1.73 bits per heavy atom. The summed E-state index contributed by atoms with van der Waals surface area (Å²) in [6.45, 7) is 6.25. The number of aryl methyl sites for hydroxylation is 2. The van der Waals surface area contributed by atoms with Crippen LogP contribution in [0.15, 0.2) is 59.6 Å². The molecule has 0 aliphatic heterocycles. The van der Waals surface area contributed by atoms with E-state index in [0.717, 1.165) is 40.1 Å². The van der Waals surface area contributed by atoms with E-state index < -0.39 is 22.2 Å². The van der Waals surface area contributed by atoms with Crippen molar-refractivity contribution in [1.82, 2.24) is 24.6 Å². The van der Waals surface area contributed by atoms with Crippen molar-refractivity contribution in [1.29, 1.82) is 0 Å². The van der Waals surface area contributed by atoms with E-state index in [2.05, 4.69) is 20.3 Å². The molecule has 0 unspecified atom stereocenters. The predicted molar refractivity (Wildman–Crippen MR) is 173 cm³/mol. The van der Waals surface area contributed by atoms with Gasteiger partial charge in [0.1, 0.15) is 17.9 Å². The topological polar surface area (TPSA) is 136 Å². The van der Waals surface area contributed by atoms with Crippen molar-refractivity contribution in [3.8, 4) is 11.5 Å². The van der Waals surface area contributed by atoms with Gasteiger partial charge in [0.05, 0.1) is 36.4 Å². The molecular formula is C33H43N5O6S. The summed E-state index contributed by atoms with van der Waals surface area (Å²) in [5, 5.41) is 2.76. The van der Waals surface area contributed by atoms with Crippen LogP contribution in [0.1, 0.15) is 49.3 Å². The first kappa shape index (κ1) is 33.7. The fourth-order valence-corrected chi connectivity index (χ4v) is 6.54. The molecule has 242 valence electrons. The van der Waals surface area contributed by atoms with Crippen LogP contribution in [0, 0.1) is 12.8 Å². The first-order valence-electron chi connectivity index (χ1n) is 15.0. The Hall–Kier alpha value is -4.16. The van der Waals surface area contributed by atoms with E-state index in [4.69, 9.17) is 14.2 Å². The zero-order valence-corrected chi connectivity index (χ0v) is 27.6. The number of carbonyl (C=O) groups is 1. The minimum Gasteiger partial charge on any atom is -0.493 e. The van der Waals surface area contributed by atoms with Crippen LogP contribution in [0.25, 0.3) is 11.0 Å². The highest BCUT2D eigenvalue weighted by Gasteiger charge is 2.29. The van der Waals surface area contributed by atoms with Crippen LogP contribution in [-0.4, -0.2) is 74.2 Å². The number of carbonyl (C=O) groups excluding carboxylic acids is 1. The Morgan fingerprint density at radius 3 is 2.42 bits per heavy atom. The SMILES string of the molecule is COc1ccc(CCCNC(=O)OC[C@H](CC(C)C)N(C)S(=O)(=O)c2ccc(Cc3nccc4[nH]c(C)nc34)cc2)cc1OC. The summed E-state index contributed by atoms with van der Waals surface area (Å²) >= 11 is 0. The fraction of sp³-hybridized carbons (Fsp3) is 0.424. The molecule has 0 saturated heterocycles. The summed E-state index contributed by atoms with van der Waals surface area (Å²) in [5.74, 6) is 2.31. The molecule has 1 amide bonds. The van der Waals surface area contributed by atoms with E-state index in [-0.39, 0.29) is 17.4 Å². The number of pyridine rings is 1. The average molecular weight is 638 g/mol. The molecule has 0 radical (unpaired) electrons. The first-order valence-corrected chi connectivity index (χ1v) is 16.4. The number of rotatable bonds is 15. The van der Waals surface area contributed by atoms with Gasteiger partial charge in [-0.15, -0.1) is 0 Å². The number of amides is 1.